The Balaban J connectivity index is 2.14. The van der Waals surface area contributed by atoms with Gasteiger partial charge in [0.05, 0.1) is 5.69 Å². The number of aromatic nitrogens is 1. The zero-order valence-electron chi connectivity index (χ0n) is 12.4. The smallest absolute Gasteiger partial charge is 0.261 e. The quantitative estimate of drug-likeness (QED) is 0.941. The standard InChI is InChI=1S/C15H17N3O3/c1-9-14(10(2)21-17-9)15(20)16-12-5-7-13(8-6-12)18(4)11(3)19/h5-8H,1-4H3,(H,16,20). The summed E-state index contributed by atoms with van der Waals surface area (Å²) in [7, 11) is 1.69. The summed E-state index contributed by atoms with van der Waals surface area (Å²) < 4.78 is 4.98. The van der Waals surface area contributed by atoms with Crippen molar-refractivity contribution in [2.45, 2.75) is 20.8 Å². The number of carbonyl (C=O) groups is 2. The normalized spacial score (nSPS) is 10.3. The minimum absolute atomic E-state index is 0.0532. The maximum atomic E-state index is 12.2. The molecule has 1 heterocycles. The van der Waals surface area contributed by atoms with Crippen LogP contribution in [0.3, 0.4) is 0 Å². The highest BCUT2D eigenvalue weighted by Crippen LogP contribution is 2.19. The molecule has 2 aromatic rings. The van der Waals surface area contributed by atoms with Gasteiger partial charge in [-0.05, 0) is 38.1 Å². The predicted molar refractivity (Wildman–Crippen MR) is 79.5 cm³/mol. The highest BCUT2D eigenvalue weighted by Gasteiger charge is 2.17. The van der Waals surface area contributed by atoms with E-state index in [0.29, 0.717) is 22.7 Å². The molecule has 2 amide bonds. The fraction of sp³-hybridized carbons (Fsp3) is 0.267. The van der Waals surface area contributed by atoms with E-state index in [2.05, 4.69) is 10.5 Å². The summed E-state index contributed by atoms with van der Waals surface area (Å²) in [6.45, 7) is 4.91. The van der Waals surface area contributed by atoms with Crippen molar-refractivity contribution >= 4 is 23.2 Å². The number of nitrogens with zero attached hydrogens (tertiary/aromatic N) is 2. The van der Waals surface area contributed by atoms with E-state index in [9.17, 15) is 9.59 Å². The second kappa shape index (κ2) is 5.78. The Labute approximate surface area is 122 Å². The molecule has 1 aromatic carbocycles. The van der Waals surface area contributed by atoms with E-state index in [1.165, 1.54) is 11.8 Å². The van der Waals surface area contributed by atoms with Gasteiger partial charge in [0.1, 0.15) is 11.3 Å². The van der Waals surface area contributed by atoms with E-state index >= 15 is 0 Å². The highest BCUT2D eigenvalue weighted by molar-refractivity contribution is 6.05. The first-order valence-corrected chi connectivity index (χ1v) is 6.48. The van der Waals surface area contributed by atoms with Crippen molar-refractivity contribution in [3.8, 4) is 0 Å². The molecule has 21 heavy (non-hydrogen) atoms. The van der Waals surface area contributed by atoms with Crippen molar-refractivity contribution in [3.63, 3.8) is 0 Å². The number of carbonyl (C=O) groups excluding carboxylic acids is 2. The second-order valence-corrected chi connectivity index (χ2v) is 4.78. The van der Waals surface area contributed by atoms with Gasteiger partial charge in [-0.1, -0.05) is 5.16 Å². The fourth-order valence-electron chi connectivity index (χ4n) is 1.95. The van der Waals surface area contributed by atoms with Crippen molar-refractivity contribution in [1.82, 2.24) is 5.16 Å². The van der Waals surface area contributed by atoms with Gasteiger partial charge in [-0.15, -0.1) is 0 Å². The molecule has 0 fully saturated rings. The van der Waals surface area contributed by atoms with Crippen molar-refractivity contribution < 1.29 is 14.1 Å². The molecule has 2 rings (SSSR count). The molecule has 0 radical (unpaired) electrons. The van der Waals surface area contributed by atoms with E-state index in [0.717, 1.165) is 5.69 Å². The maximum Gasteiger partial charge on any atom is 0.261 e. The van der Waals surface area contributed by atoms with Gasteiger partial charge in [0.2, 0.25) is 5.91 Å². The van der Waals surface area contributed by atoms with Gasteiger partial charge in [0.25, 0.3) is 5.91 Å². The monoisotopic (exact) mass is 287 g/mol. The third-order valence-electron chi connectivity index (χ3n) is 3.25. The summed E-state index contributed by atoms with van der Waals surface area (Å²) in [5, 5.41) is 6.53. The molecule has 0 saturated carbocycles. The summed E-state index contributed by atoms with van der Waals surface area (Å²) in [6, 6.07) is 7.02. The highest BCUT2D eigenvalue weighted by atomic mass is 16.5. The molecule has 0 saturated heterocycles. The van der Waals surface area contributed by atoms with Crippen LogP contribution in [0.2, 0.25) is 0 Å². The van der Waals surface area contributed by atoms with E-state index in [-0.39, 0.29) is 11.8 Å². The number of hydrogen-bond acceptors (Lipinski definition) is 4. The Morgan fingerprint density at radius 2 is 1.81 bits per heavy atom. The van der Waals surface area contributed by atoms with Crippen LogP contribution in [0.25, 0.3) is 0 Å². The van der Waals surface area contributed by atoms with Gasteiger partial charge in [0.15, 0.2) is 0 Å². The summed E-state index contributed by atoms with van der Waals surface area (Å²) in [4.78, 5) is 25.0. The lowest BCUT2D eigenvalue weighted by Gasteiger charge is -2.15. The molecule has 0 aliphatic heterocycles. The molecule has 0 aliphatic rings. The SMILES string of the molecule is CC(=O)N(C)c1ccc(NC(=O)c2c(C)noc2C)cc1. The van der Waals surface area contributed by atoms with Gasteiger partial charge in [0, 0.05) is 25.3 Å². The van der Waals surface area contributed by atoms with Crippen molar-refractivity contribution in [3.05, 3.63) is 41.3 Å². The Kier molecular flexibility index (Phi) is 4.07. The number of aryl methyl sites for hydroxylation is 2. The van der Waals surface area contributed by atoms with Crippen LogP contribution < -0.4 is 10.2 Å². The van der Waals surface area contributed by atoms with Gasteiger partial charge < -0.3 is 14.7 Å². The molecule has 0 atom stereocenters. The van der Waals surface area contributed by atoms with E-state index in [1.807, 2.05) is 0 Å². The summed E-state index contributed by atoms with van der Waals surface area (Å²) in [5.74, 6) is 0.166. The van der Waals surface area contributed by atoms with Crippen LogP contribution in [-0.4, -0.2) is 24.0 Å². The maximum absolute atomic E-state index is 12.2. The number of hydrogen-bond donors (Lipinski definition) is 1. The molecule has 6 heteroatoms. The topological polar surface area (TPSA) is 75.4 Å². The van der Waals surface area contributed by atoms with Crippen molar-refractivity contribution in [1.29, 1.82) is 0 Å². The lowest BCUT2D eigenvalue weighted by Crippen LogP contribution is -2.22. The van der Waals surface area contributed by atoms with Gasteiger partial charge in [-0.25, -0.2) is 0 Å². The average molecular weight is 287 g/mol. The summed E-state index contributed by atoms with van der Waals surface area (Å²) in [6.07, 6.45) is 0. The third kappa shape index (κ3) is 3.10. The lowest BCUT2D eigenvalue weighted by molar-refractivity contribution is -0.116. The van der Waals surface area contributed by atoms with Crippen molar-refractivity contribution in [2.24, 2.45) is 0 Å². The molecule has 1 N–H and O–H groups in total. The Morgan fingerprint density at radius 3 is 2.29 bits per heavy atom. The average Bonchev–Trinajstić information content (AvgIpc) is 2.78. The number of anilines is 2. The van der Waals surface area contributed by atoms with E-state index in [1.54, 1.807) is 45.2 Å². The van der Waals surface area contributed by atoms with Gasteiger partial charge in [-0.2, -0.15) is 0 Å². The van der Waals surface area contributed by atoms with Crippen LogP contribution in [0, 0.1) is 13.8 Å². The van der Waals surface area contributed by atoms with Crippen LogP contribution in [0.4, 0.5) is 11.4 Å². The van der Waals surface area contributed by atoms with Crippen LogP contribution in [-0.2, 0) is 4.79 Å². The largest absolute Gasteiger partial charge is 0.361 e. The van der Waals surface area contributed by atoms with E-state index < -0.39 is 0 Å². The third-order valence-corrected chi connectivity index (χ3v) is 3.25. The Morgan fingerprint density at radius 1 is 1.19 bits per heavy atom. The number of nitrogens with one attached hydrogen (secondary N) is 1. The van der Waals surface area contributed by atoms with Crippen LogP contribution in [0.1, 0.15) is 28.7 Å². The molecule has 6 nitrogen and oxygen atoms in total. The van der Waals surface area contributed by atoms with Crippen molar-refractivity contribution in [2.75, 3.05) is 17.3 Å². The molecule has 0 bridgehead atoms. The molecule has 1 aromatic heterocycles. The zero-order chi connectivity index (χ0) is 15.6. The first-order valence-electron chi connectivity index (χ1n) is 6.48. The molecule has 0 spiro atoms. The number of benzene rings is 1. The summed E-state index contributed by atoms with van der Waals surface area (Å²) >= 11 is 0. The number of rotatable bonds is 3. The zero-order valence-corrected chi connectivity index (χ0v) is 12.4. The Bertz CT molecular complexity index is 654. The van der Waals surface area contributed by atoms with Crippen LogP contribution in [0.5, 0.6) is 0 Å². The van der Waals surface area contributed by atoms with Crippen LogP contribution in [0.15, 0.2) is 28.8 Å². The lowest BCUT2D eigenvalue weighted by atomic mass is 10.2. The number of amides is 2. The molecule has 110 valence electrons. The van der Waals surface area contributed by atoms with Gasteiger partial charge >= 0.3 is 0 Å². The molecule has 0 aliphatic carbocycles. The summed E-state index contributed by atoms with van der Waals surface area (Å²) in [5.41, 5.74) is 2.40. The Hall–Kier alpha value is -2.63. The fourth-order valence-corrected chi connectivity index (χ4v) is 1.95. The first-order chi connectivity index (χ1) is 9.90. The molecular weight excluding hydrogens is 270 g/mol. The minimum Gasteiger partial charge on any atom is -0.361 e. The molecular formula is C15H17N3O3. The second-order valence-electron chi connectivity index (χ2n) is 4.78. The van der Waals surface area contributed by atoms with Crippen LogP contribution >= 0.6 is 0 Å². The van der Waals surface area contributed by atoms with Gasteiger partial charge in [-0.3, -0.25) is 9.59 Å². The first kappa shape index (κ1) is 14.8. The molecule has 0 unspecified atom stereocenters. The predicted octanol–water partition coefficient (Wildman–Crippen LogP) is 2.53. The minimum atomic E-state index is -0.265. The van der Waals surface area contributed by atoms with E-state index in [4.69, 9.17) is 4.52 Å².